The highest BCUT2D eigenvalue weighted by Gasteiger charge is 2.04. The Balaban J connectivity index is 1.84. The second-order valence-corrected chi connectivity index (χ2v) is 5.53. The summed E-state index contributed by atoms with van der Waals surface area (Å²) in [5.74, 6) is 1.11. The normalized spacial score (nSPS) is 10.4. The van der Waals surface area contributed by atoms with Crippen LogP contribution in [0.4, 0.5) is 0 Å². The average Bonchev–Trinajstić information content (AvgIpc) is 2.39. The molecule has 20 heavy (non-hydrogen) atoms. The van der Waals surface area contributed by atoms with Gasteiger partial charge in [-0.2, -0.15) is 0 Å². The van der Waals surface area contributed by atoms with Crippen LogP contribution >= 0.6 is 46.4 Å². The van der Waals surface area contributed by atoms with E-state index in [2.05, 4.69) is 0 Å². The molecule has 0 aliphatic heterocycles. The molecule has 0 atom stereocenters. The molecular weight excluding hydrogens is 342 g/mol. The van der Waals surface area contributed by atoms with Crippen molar-refractivity contribution in [1.29, 1.82) is 0 Å². The van der Waals surface area contributed by atoms with E-state index < -0.39 is 0 Å². The summed E-state index contributed by atoms with van der Waals surface area (Å²) < 4.78 is 11.0. The summed E-state index contributed by atoms with van der Waals surface area (Å²) in [4.78, 5) is 0. The van der Waals surface area contributed by atoms with Crippen LogP contribution in [0.1, 0.15) is 0 Å². The maximum Gasteiger partial charge on any atom is 0.138 e. The molecule has 0 spiro atoms. The number of benzene rings is 2. The largest absolute Gasteiger partial charge is 0.488 e. The van der Waals surface area contributed by atoms with Crippen molar-refractivity contribution in [3.8, 4) is 11.5 Å². The topological polar surface area (TPSA) is 18.5 Å². The molecule has 0 saturated heterocycles. The molecule has 0 amide bonds. The lowest BCUT2D eigenvalue weighted by atomic mass is 10.3. The second kappa shape index (κ2) is 7.28. The van der Waals surface area contributed by atoms with Gasteiger partial charge in [0, 0.05) is 10.0 Å². The van der Waals surface area contributed by atoms with Crippen molar-refractivity contribution in [3.05, 3.63) is 56.5 Å². The summed E-state index contributed by atoms with van der Waals surface area (Å²) in [6.07, 6.45) is 0. The minimum Gasteiger partial charge on any atom is -0.488 e. The molecule has 0 N–H and O–H groups in total. The van der Waals surface area contributed by atoms with Gasteiger partial charge in [0.15, 0.2) is 0 Å². The smallest absolute Gasteiger partial charge is 0.138 e. The van der Waals surface area contributed by atoms with Gasteiger partial charge >= 0.3 is 0 Å². The van der Waals surface area contributed by atoms with E-state index in [1.54, 1.807) is 36.4 Å². The van der Waals surface area contributed by atoms with Crippen LogP contribution in [0, 0.1) is 0 Å². The van der Waals surface area contributed by atoms with Crippen LogP contribution in [-0.4, -0.2) is 13.2 Å². The highest BCUT2D eigenvalue weighted by atomic mass is 35.5. The van der Waals surface area contributed by atoms with Crippen LogP contribution in [0.15, 0.2) is 36.4 Å². The molecule has 106 valence electrons. The summed E-state index contributed by atoms with van der Waals surface area (Å²) in [5.41, 5.74) is 0. The minimum absolute atomic E-state index is 0.334. The van der Waals surface area contributed by atoms with Crippen molar-refractivity contribution in [3.63, 3.8) is 0 Å². The number of hydrogen-bond donors (Lipinski definition) is 0. The number of halogens is 4. The Morgan fingerprint density at radius 1 is 0.650 bits per heavy atom. The van der Waals surface area contributed by atoms with E-state index in [1.165, 1.54) is 0 Å². The summed E-state index contributed by atoms with van der Waals surface area (Å²) in [5, 5.41) is 2.04. The first-order valence-corrected chi connectivity index (χ1v) is 7.23. The molecule has 6 heteroatoms. The van der Waals surface area contributed by atoms with Gasteiger partial charge in [-0.1, -0.05) is 46.4 Å². The first-order chi connectivity index (χ1) is 9.56. The third-order valence-electron chi connectivity index (χ3n) is 2.39. The zero-order valence-electron chi connectivity index (χ0n) is 10.2. The number of ether oxygens (including phenoxy) is 2. The zero-order chi connectivity index (χ0) is 14.5. The van der Waals surface area contributed by atoms with Crippen LogP contribution in [0.2, 0.25) is 20.1 Å². The van der Waals surface area contributed by atoms with E-state index in [4.69, 9.17) is 55.9 Å². The molecule has 2 rings (SSSR count). The van der Waals surface area contributed by atoms with Crippen molar-refractivity contribution in [2.24, 2.45) is 0 Å². The molecule has 0 aromatic heterocycles. The van der Waals surface area contributed by atoms with Crippen LogP contribution in [0.3, 0.4) is 0 Å². The molecule has 2 aromatic carbocycles. The monoisotopic (exact) mass is 350 g/mol. The SMILES string of the molecule is Clc1ccc(OCCOc2ccc(Cl)cc2Cl)c(Cl)c1. The van der Waals surface area contributed by atoms with Crippen molar-refractivity contribution >= 4 is 46.4 Å². The predicted molar refractivity (Wildman–Crippen MR) is 83.9 cm³/mol. The van der Waals surface area contributed by atoms with E-state index in [1.807, 2.05) is 0 Å². The molecule has 0 saturated carbocycles. The van der Waals surface area contributed by atoms with Crippen molar-refractivity contribution in [2.75, 3.05) is 13.2 Å². The quantitative estimate of drug-likeness (QED) is 0.637. The Bertz CT molecular complexity index is 548. The molecule has 0 fully saturated rings. The predicted octanol–water partition coefficient (Wildman–Crippen LogP) is 5.76. The average molecular weight is 352 g/mol. The van der Waals surface area contributed by atoms with E-state index in [-0.39, 0.29) is 0 Å². The molecule has 2 aromatic rings. The minimum atomic E-state index is 0.334. The summed E-state index contributed by atoms with van der Waals surface area (Å²) in [7, 11) is 0. The highest BCUT2D eigenvalue weighted by molar-refractivity contribution is 6.36. The van der Waals surface area contributed by atoms with Gasteiger partial charge in [-0.15, -0.1) is 0 Å². The molecule has 0 heterocycles. The fourth-order valence-corrected chi connectivity index (χ4v) is 2.41. The zero-order valence-corrected chi connectivity index (χ0v) is 13.2. The second-order valence-electron chi connectivity index (χ2n) is 3.85. The van der Waals surface area contributed by atoms with Crippen LogP contribution < -0.4 is 9.47 Å². The van der Waals surface area contributed by atoms with Crippen molar-refractivity contribution in [2.45, 2.75) is 0 Å². The maximum absolute atomic E-state index is 5.98. The van der Waals surface area contributed by atoms with Crippen LogP contribution in [-0.2, 0) is 0 Å². The Hall–Kier alpha value is -0.800. The molecular formula is C14H10Cl4O2. The Morgan fingerprint density at radius 2 is 1.05 bits per heavy atom. The Labute approximate surface area is 137 Å². The lowest BCUT2D eigenvalue weighted by Gasteiger charge is -2.10. The molecule has 0 aliphatic rings. The van der Waals surface area contributed by atoms with E-state index in [0.29, 0.717) is 44.8 Å². The summed E-state index contributed by atoms with van der Waals surface area (Å²) in [6, 6.07) is 10.1. The lowest BCUT2D eigenvalue weighted by Crippen LogP contribution is -2.09. The van der Waals surface area contributed by atoms with Crippen molar-refractivity contribution in [1.82, 2.24) is 0 Å². The van der Waals surface area contributed by atoms with E-state index >= 15 is 0 Å². The maximum atomic E-state index is 5.98. The Kier molecular flexibility index (Phi) is 5.67. The molecule has 0 aliphatic carbocycles. The fourth-order valence-electron chi connectivity index (χ4n) is 1.49. The highest BCUT2D eigenvalue weighted by Crippen LogP contribution is 2.28. The van der Waals surface area contributed by atoms with Gasteiger partial charge in [0.25, 0.3) is 0 Å². The summed E-state index contributed by atoms with van der Waals surface area (Å²) in [6.45, 7) is 0.667. The molecule has 0 bridgehead atoms. The van der Waals surface area contributed by atoms with Crippen LogP contribution in [0.25, 0.3) is 0 Å². The third-order valence-corrected chi connectivity index (χ3v) is 3.45. The molecule has 0 unspecified atom stereocenters. The third kappa shape index (κ3) is 4.35. The van der Waals surface area contributed by atoms with E-state index in [9.17, 15) is 0 Å². The summed E-state index contributed by atoms with van der Waals surface area (Å²) >= 11 is 23.6. The van der Waals surface area contributed by atoms with Gasteiger partial charge in [-0.3, -0.25) is 0 Å². The van der Waals surface area contributed by atoms with Gasteiger partial charge in [-0.05, 0) is 36.4 Å². The van der Waals surface area contributed by atoms with Crippen LogP contribution in [0.5, 0.6) is 11.5 Å². The lowest BCUT2D eigenvalue weighted by molar-refractivity contribution is 0.217. The standard InChI is InChI=1S/C14H10Cl4O2/c15-9-1-3-13(11(17)7-9)19-5-6-20-14-4-2-10(16)8-12(14)18/h1-4,7-8H,5-6H2. The van der Waals surface area contributed by atoms with Gasteiger partial charge < -0.3 is 9.47 Å². The number of rotatable bonds is 5. The molecule has 0 radical (unpaired) electrons. The first-order valence-electron chi connectivity index (χ1n) is 5.72. The fraction of sp³-hybridized carbons (Fsp3) is 0.143. The van der Waals surface area contributed by atoms with E-state index in [0.717, 1.165) is 0 Å². The van der Waals surface area contributed by atoms with Gasteiger partial charge in [0.1, 0.15) is 24.7 Å². The van der Waals surface area contributed by atoms with Gasteiger partial charge in [-0.25, -0.2) is 0 Å². The van der Waals surface area contributed by atoms with Gasteiger partial charge in [0.05, 0.1) is 10.0 Å². The number of hydrogen-bond acceptors (Lipinski definition) is 2. The first kappa shape index (κ1) is 15.6. The molecule has 2 nitrogen and oxygen atoms in total. The Morgan fingerprint density at radius 3 is 1.40 bits per heavy atom. The van der Waals surface area contributed by atoms with Crippen molar-refractivity contribution < 1.29 is 9.47 Å². The van der Waals surface area contributed by atoms with Gasteiger partial charge in [0.2, 0.25) is 0 Å².